The van der Waals surface area contributed by atoms with Crippen molar-refractivity contribution < 1.29 is 0 Å². The molecular weight excluding hydrogens is 200 g/mol. The van der Waals surface area contributed by atoms with Crippen LogP contribution in [0.25, 0.3) is 0 Å². The Morgan fingerprint density at radius 2 is 1.92 bits per heavy atom. The minimum Gasteiger partial charge on any atom is -0.267 e. The minimum absolute atomic E-state index is 0.936. The summed E-state index contributed by atoms with van der Waals surface area (Å²) < 4.78 is 6.09. The van der Waals surface area contributed by atoms with Gasteiger partial charge in [0.1, 0.15) is 0 Å². The Morgan fingerprint density at radius 1 is 1.15 bits per heavy atom. The van der Waals surface area contributed by atoms with Crippen LogP contribution in [0.2, 0.25) is 0 Å². The first-order chi connectivity index (χ1) is 6.43. The zero-order valence-electron chi connectivity index (χ0n) is 7.36. The molecule has 0 heterocycles. The molecule has 1 aromatic rings. The molecule has 0 amide bonds. The molecule has 1 rings (SSSR count). The van der Waals surface area contributed by atoms with Crippen LogP contribution in [0.3, 0.4) is 0 Å². The number of nitrogens with one attached hydrogen (secondary N) is 2. The van der Waals surface area contributed by atoms with Gasteiger partial charge >= 0.3 is 0 Å². The quantitative estimate of drug-likeness (QED) is 0.384. The van der Waals surface area contributed by atoms with E-state index in [4.69, 9.17) is 0 Å². The third-order valence-electron chi connectivity index (χ3n) is 1.50. The van der Waals surface area contributed by atoms with Crippen molar-refractivity contribution in [3.8, 4) is 0 Å². The Kier molecular flexibility index (Phi) is 6.10. The van der Waals surface area contributed by atoms with Crippen molar-refractivity contribution in [3.63, 3.8) is 0 Å². The van der Waals surface area contributed by atoms with Gasteiger partial charge in [0.05, 0.1) is 0 Å². The topological polar surface area (TPSA) is 24.1 Å². The molecule has 0 spiro atoms. The molecule has 0 aromatic heterocycles. The van der Waals surface area contributed by atoms with E-state index in [-0.39, 0.29) is 0 Å². The predicted octanol–water partition coefficient (Wildman–Crippen LogP) is 2.11. The summed E-state index contributed by atoms with van der Waals surface area (Å²) in [6, 6.07) is 10.3. The average Bonchev–Trinajstić information content (AvgIpc) is 2.19. The van der Waals surface area contributed by atoms with E-state index in [1.165, 1.54) is 4.90 Å². The summed E-state index contributed by atoms with van der Waals surface area (Å²) in [4.78, 5) is 1.25. The number of thiol groups is 1. The Labute approximate surface area is 89.2 Å². The first-order valence-electron chi connectivity index (χ1n) is 4.25. The van der Waals surface area contributed by atoms with E-state index >= 15 is 0 Å². The molecule has 13 heavy (non-hydrogen) atoms. The van der Waals surface area contributed by atoms with Crippen molar-refractivity contribution in [2.75, 3.05) is 13.1 Å². The van der Waals surface area contributed by atoms with Crippen LogP contribution in [0.5, 0.6) is 0 Å². The standard InChI is InChI=1S/C9H14N2S2/c12-10-7-4-8-11-13-9-5-2-1-3-6-9/h1-3,5-6,10-12H,4,7-8H2. The molecule has 72 valence electrons. The van der Waals surface area contributed by atoms with Crippen LogP contribution in [-0.2, 0) is 0 Å². The van der Waals surface area contributed by atoms with Crippen LogP contribution < -0.4 is 9.44 Å². The molecule has 2 N–H and O–H groups in total. The van der Waals surface area contributed by atoms with Crippen LogP contribution in [0.15, 0.2) is 35.2 Å². The lowest BCUT2D eigenvalue weighted by Crippen LogP contribution is -2.11. The van der Waals surface area contributed by atoms with Crippen molar-refractivity contribution in [1.82, 2.24) is 9.44 Å². The van der Waals surface area contributed by atoms with Gasteiger partial charge in [0.2, 0.25) is 0 Å². The Hall–Kier alpha value is -0.160. The molecular formula is C9H14N2S2. The van der Waals surface area contributed by atoms with E-state index in [1.54, 1.807) is 11.9 Å². The molecule has 0 saturated carbocycles. The van der Waals surface area contributed by atoms with Crippen molar-refractivity contribution in [3.05, 3.63) is 30.3 Å². The fourth-order valence-corrected chi connectivity index (χ4v) is 1.73. The van der Waals surface area contributed by atoms with Gasteiger partial charge in [-0.15, -0.1) is 0 Å². The van der Waals surface area contributed by atoms with Gasteiger partial charge in [-0.1, -0.05) is 31.0 Å². The van der Waals surface area contributed by atoms with Crippen molar-refractivity contribution in [2.24, 2.45) is 0 Å². The largest absolute Gasteiger partial charge is 0.267 e. The molecule has 0 unspecified atom stereocenters. The summed E-state index contributed by atoms with van der Waals surface area (Å²) in [6.45, 7) is 1.93. The molecule has 0 radical (unpaired) electrons. The van der Waals surface area contributed by atoms with E-state index in [1.807, 2.05) is 18.2 Å². The zero-order chi connectivity index (χ0) is 9.36. The van der Waals surface area contributed by atoms with Crippen LogP contribution in [0.1, 0.15) is 6.42 Å². The monoisotopic (exact) mass is 214 g/mol. The van der Waals surface area contributed by atoms with Gasteiger partial charge in [-0.3, -0.25) is 9.44 Å². The molecule has 2 nitrogen and oxygen atoms in total. The molecule has 0 aliphatic carbocycles. The molecule has 0 bridgehead atoms. The van der Waals surface area contributed by atoms with Crippen LogP contribution in [-0.4, -0.2) is 13.1 Å². The van der Waals surface area contributed by atoms with Gasteiger partial charge in [-0.05, 0) is 30.5 Å². The SMILES string of the molecule is SNCCCNSc1ccccc1. The third kappa shape index (κ3) is 5.21. The number of hydrogen-bond acceptors (Lipinski definition) is 4. The summed E-state index contributed by atoms with van der Waals surface area (Å²) >= 11 is 5.58. The van der Waals surface area contributed by atoms with Crippen molar-refractivity contribution >= 4 is 24.8 Å². The maximum Gasteiger partial charge on any atom is 0.0228 e. The summed E-state index contributed by atoms with van der Waals surface area (Å²) in [5.74, 6) is 0. The molecule has 0 atom stereocenters. The molecule has 0 aliphatic rings. The Balaban J connectivity index is 2.07. The first-order valence-corrected chi connectivity index (χ1v) is 5.51. The Morgan fingerprint density at radius 3 is 2.62 bits per heavy atom. The van der Waals surface area contributed by atoms with Crippen LogP contribution in [0.4, 0.5) is 0 Å². The minimum atomic E-state index is 0.936. The van der Waals surface area contributed by atoms with Gasteiger partial charge in [-0.2, -0.15) is 0 Å². The number of hydrogen-bond donors (Lipinski definition) is 3. The second-order valence-corrected chi connectivity index (χ2v) is 3.85. The number of benzene rings is 1. The highest BCUT2D eigenvalue weighted by atomic mass is 32.2. The fraction of sp³-hybridized carbons (Fsp3) is 0.333. The normalized spacial score (nSPS) is 10.2. The second-order valence-electron chi connectivity index (χ2n) is 2.57. The van der Waals surface area contributed by atoms with Crippen LogP contribution >= 0.6 is 24.8 Å². The Bertz CT molecular complexity index is 216. The lowest BCUT2D eigenvalue weighted by atomic mass is 10.4. The molecule has 4 heteroatoms. The maximum atomic E-state index is 3.91. The highest BCUT2D eigenvalue weighted by molar-refractivity contribution is 7.97. The van der Waals surface area contributed by atoms with E-state index in [0.717, 1.165) is 19.5 Å². The van der Waals surface area contributed by atoms with E-state index < -0.39 is 0 Å². The third-order valence-corrected chi connectivity index (χ3v) is 2.58. The summed E-state index contributed by atoms with van der Waals surface area (Å²) in [5, 5.41) is 0. The molecule has 0 saturated heterocycles. The van der Waals surface area contributed by atoms with E-state index in [2.05, 4.69) is 34.4 Å². The summed E-state index contributed by atoms with van der Waals surface area (Å²) in [6.07, 6.45) is 1.09. The highest BCUT2D eigenvalue weighted by Gasteiger charge is 1.90. The highest BCUT2D eigenvalue weighted by Crippen LogP contribution is 2.12. The van der Waals surface area contributed by atoms with Gasteiger partial charge in [0.15, 0.2) is 0 Å². The smallest absolute Gasteiger partial charge is 0.0228 e. The first kappa shape index (κ1) is 10.9. The lowest BCUT2D eigenvalue weighted by Gasteiger charge is -2.02. The molecule has 0 aliphatic heterocycles. The summed E-state index contributed by atoms with van der Waals surface area (Å²) in [5.41, 5.74) is 0. The average molecular weight is 214 g/mol. The maximum absolute atomic E-state index is 3.91. The van der Waals surface area contributed by atoms with E-state index in [9.17, 15) is 0 Å². The molecule has 0 fully saturated rings. The summed E-state index contributed by atoms with van der Waals surface area (Å²) in [7, 11) is 0. The fourth-order valence-electron chi connectivity index (χ4n) is 0.863. The second kappa shape index (κ2) is 7.26. The van der Waals surface area contributed by atoms with Gasteiger partial charge in [0, 0.05) is 18.0 Å². The lowest BCUT2D eigenvalue weighted by molar-refractivity contribution is 0.782. The van der Waals surface area contributed by atoms with Gasteiger partial charge in [0.25, 0.3) is 0 Å². The van der Waals surface area contributed by atoms with Gasteiger partial charge in [-0.25, -0.2) is 0 Å². The zero-order valence-corrected chi connectivity index (χ0v) is 9.07. The predicted molar refractivity (Wildman–Crippen MR) is 61.9 cm³/mol. The van der Waals surface area contributed by atoms with Crippen molar-refractivity contribution in [1.29, 1.82) is 0 Å². The molecule has 1 aromatic carbocycles. The van der Waals surface area contributed by atoms with Crippen molar-refractivity contribution in [2.45, 2.75) is 11.3 Å². The van der Waals surface area contributed by atoms with Crippen LogP contribution in [0, 0.1) is 0 Å². The number of rotatable bonds is 6. The van der Waals surface area contributed by atoms with E-state index in [0.29, 0.717) is 0 Å². The van der Waals surface area contributed by atoms with Gasteiger partial charge < -0.3 is 0 Å².